The Kier molecular flexibility index (Phi) is 3.06. The van der Waals surface area contributed by atoms with Gasteiger partial charge in [-0.3, -0.25) is 0 Å². The minimum absolute atomic E-state index is 0.757. The van der Waals surface area contributed by atoms with Gasteiger partial charge in [-0.05, 0) is 68.5 Å². The summed E-state index contributed by atoms with van der Waals surface area (Å²) < 4.78 is 0. The van der Waals surface area contributed by atoms with Crippen LogP contribution >= 0.6 is 0 Å². The molecule has 0 saturated carbocycles. The van der Waals surface area contributed by atoms with E-state index in [1.165, 1.54) is 49.3 Å². The molecule has 3 rings (SSSR count). The number of rotatable bonds is 1. The van der Waals surface area contributed by atoms with Crippen molar-refractivity contribution in [1.29, 1.82) is 0 Å². The standard InChI is InChI=1S/C16H24N2/c1-11-8-12(2)16-14(10-18(3)15(16)9-11)13-4-6-17-7-5-13/h8-9,13-14,17H,4-7,10H2,1-3H3. The minimum atomic E-state index is 0.757. The highest BCUT2D eigenvalue weighted by Crippen LogP contribution is 2.44. The van der Waals surface area contributed by atoms with Gasteiger partial charge in [-0.2, -0.15) is 0 Å². The van der Waals surface area contributed by atoms with Gasteiger partial charge in [0.05, 0.1) is 0 Å². The summed E-state index contributed by atoms with van der Waals surface area (Å²) in [5, 5.41) is 3.48. The van der Waals surface area contributed by atoms with Crippen molar-refractivity contribution in [3.05, 3.63) is 28.8 Å². The number of aryl methyl sites for hydroxylation is 2. The SMILES string of the molecule is Cc1cc(C)c2c(c1)N(C)CC2C1CCNCC1. The number of hydrogen-bond acceptors (Lipinski definition) is 2. The topological polar surface area (TPSA) is 15.3 Å². The Labute approximate surface area is 110 Å². The van der Waals surface area contributed by atoms with Gasteiger partial charge in [0.2, 0.25) is 0 Å². The molecule has 0 amide bonds. The van der Waals surface area contributed by atoms with Crippen LogP contribution in [0.3, 0.4) is 0 Å². The van der Waals surface area contributed by atoms with Gasteiger partial charge in [-0.25, -0.2) is 0 Å². The van der Waals surface area contributed by atoms with Crippen LogP contribution in [0.15, 0.2) is 12.1 Å². The lowest BCUT2D eigenvalue weighted by Crippen LogP contribution is -2.32. The number of likely N-dealkylation sites (N-methyl/N-ethyl adjacent to an activating group) is 1. The van der Waals surface area contributed by atoms with Crippen LogP contribution < -0.4 is 10.2 Å². The molecule has 2 nitrogen and oxygen atoms in total. The quantitative estimate of drug-likeness (QED) is 0.817. The maximum atomic E-state index is 3.48. The van der Waals surface area contributed by atoms with Crippen LogP contribution in [0.5, 0.6) is 0 Å². The molecule has 0 aromatic heterocycles. The molecular weight excluding hydrogens is 220 g/mol. The van der Waals surface area contributed by atoms with Crippen LogP contribution in [0.25, 0.3) is 0 Å². The number of benzene rings is 1. The van der Waals surface area contributed by atoms with Crippen LogP contribution in [-0.4, -0.2) is 26.7 Å². The second kappa shape index (κ2) is 4.58. The first-order valence-corrected chi connectivity index (χ1v) is 7.20. The van der Waals surface area contributed by atoms with Crippen molar-refractivity contribution in [3.8, 4) is 0 Å². The second-order valence-corrected chi connectivity index (χ2v) is 6.09. The molecule has 1 aromatic carbocycles. The molecule has 98 valence electrons. The molecular formula is C16H24N2. The van der Waals surface area contributed by atoms with Crippen LogP contribution in [0, 0.1) is 19.8 Å². The first kappa shape index (κ1) is 12.0. The van der Waals surface area contributed by atoms with E-state index in [0.29, 0.717) is 0 Å². The van der Waals surface area contributed by atoms with Crippen molar-refractivity contribution in [2.24, 2.45) is 5.92 Å². The third kappa shape index (κ3) is 1.93. The number of hydrogen-bond donors (Lipinski definition) is 1. The lowest BCUT2D eigenvalue weighted by atomic mass is 9.80. The number of anilines is 1. The average molecular weight is 244 g/mol. The predicted octanol–water partition coefficient (Wildman–Crippen LogP) is 2.84. The maximum Gasteiger partial charge on any atom is 0.0405 e. The normalized spacial score (nSPS) is 24.4. The van der Waals surface area contributed by atoms with Crippen molar-refractivity contribution in [2.75, 3.05) is 31.6 Å². The number of nitrogens with one attached hydrogen (secondary N) is 1. The molecule has 18 heavy (non-hydrogen) atoms. The van der Waals surface area contributed by atoms with Crippen LogP contribution in [0.1, 0.15) is 35.4 Å². The van der Waals surface area contributed by atoms with Gasteiger partial charge in [0.25, 0.3) is 0 Å². The molecule has 2 heteroatoms. The highest BCUT2D eigenvalue weighted by atomic mass is 15.1. The molecule has 2 aliphatic rings. The summed E-state index contributed by atoms with van der Waals surface area (Å²) in [5.41, 5.74) is 6.01. The van der Waals surface area contributed by atoms with E-state index >= 15 is 0 Å². The zero-order valence-corrected chi connectivity index (χ0v) is 11.8. The third-order valence-corrected chi connectivity index (χ3v) is 4.71. The molecule has 1 aromatic rings. The monoisotopic (exact) mass is 244 g/mol. The first-order chi connectivity index (χ1) is 8.66. The van der Waals surface area contributed by atoms with E-state index in [1.54, 1.807) is 5.56 Å². The van der Waals surface area contributed by atoms with Crippen molar-refractivity contribution >= 4 is 5.69 Å². The lowest BCUT2D eigenvalue weighted by Gasteiger charge is -2.29. The maximum absolute atomic E-state index is 3.48. The van der Waals surface area contributed by atoms with Crippen LogP contribution in [0.2, 0.25) is 0 Å². The molecule has 1 saturated heterocycles. The lowest BCUT2D eigenvalue weighted by molar-refractivity contribution is 0.326. The Morgan fingerprint density at radius 2 is 1.89 bits per heavy atom. The van der Waals surface area contributed by atoms with Crippen molar-refractivity contribution in [2.45, 2.75) is 32.6 Å². The molecule has 1 unspecified atom stereocenters. The van der Waals surface area contributed by atoms with Gasteiger partial charge in [0.1, 0.15) is 0 Å². The van der Waals surface area contributed by atoms with E-state index in [0.717, 1.165) is 11.8 Å². The van der Waals surface area contributed by atoms with Gasteiger partial charge >= 0.3 is 0 Å². The largest absolute Gasteiger partial charge is 0.374 e. The summed E-state index contributed by atoms with van der Waals surface area (Å²) in [6.07, 6.45) is 2.68. The Balaban J connectivity index is 1.97. The fourth-order valence-electron chi connectivity index (χ4n) is 3.87. The summed E-state index contributed by atoms with van der Waals surface area (Å²) in [6.45, 7) is 8.11. The van der Waals surface area contributed by atoms with E-state index in [4.69, 9.17) is 0 Å². The van der Waals surface area contributed by atoms with Crippen molar-refractivity contribution in [1.82, 2.24) is 5.32 Å². The molecule has 0 spiro atoms. The fraction of sp³-hybridized carbons (Fsp3) is 0.625. The Hall–Kier alpha value is -1.02. The van der Waals surface area contributed by atoms with Crippen molar-refractivity contribution in [3.63, 3.8) is 0 Å². The molecule has 1 atom stereocenters. The predicted molar refractivity (Wildman–Crippen MR) is 77.5 cm³/mol. The Bertz CT molecular complexity index is 447. The van der Waals surface area contributed by atoms with Gasteiger partial charge < -0.3 is 10.2 Å². The fourth-order valence-corrected chi connectivity index (χ4v) is 3.87. The zero-order valence-electron chi connectivity index (χ0n) is 11.8. The molecule has 0 radical (unpaired) electrons. The Morgan fingerprint density at radius 3 is 2.61 bits per heavy atom. The summed E-state index contributed by atoms with van der Waals surface area (Å²) >= 11 is 0. The molecule has 2 heterocycles. The molecule has 1 N–H and O–H groups in total. The van der Waals surface area contributed by atoms with Gasteiger partial charge in [-0.1, -0.05) is 6.07 Å². The van der Waals surface area contributed by atoms with E-state index < -0.39 is 0 Å². The zero-order chi connectivity index (χ0) is 12.7. The summed E-state index contributed by atoms with van der Waals surface area (Å²) in [7, 11) is 2.25. The highest BCUT2D eigenvalue weighted by Gasteiger charge is 2.34. The summed E-state index contributed by atoms with van der Waals surface area (Å²) in [6, 6.07) is 4.72. The first-order valence-electron chi connectivity index (χ1n) is 7.20. The van der Waals surface area contributed by atoms with Crippen molar-refractivity contribution < 1.29 is 0 Å². The highest BCUT2D eigenvalue weighted by molar-refractivity contribution is 5.64. The van der Waals surface area contributed by atoms with Gasteiger partial charge in [-0.15, -0.1) is 0 Å². The van der Waals surface area contributed by atoms with Gasteiger partial charge in [0, 0.05) is 25.2 Å². The molecule has 0 bridgehead atoms. The van der Waals surface area contributed by atoms with E-state index in [9.17, 15) is 0 Å². The van der Waals surface area contributed by atoms with E-state index in [1.807, 2.05) is 0 Å². The number of piperidine rings is 1. The summed E-state index contributed by atoms with van der Waals surface area (Å²) in [4.78, 5) is 2.46. The Morgan fingerprint density at radius 1 is 1.17 bits per heavy atom. The van der Waals surface area contributed by atoms with E-state index in [2.05, 4.69) is 43.2 Å². The van der Waals surface area contributed by atoms with Crippen LogP contribution in [-0.2, 0) is 0 Å². The number of nitrogens with zero attached hydrogens (tertiary/aromatic N) is 1. The minimum Gasteiger partial charge on any atom is -0.374 e. The van der Waals surface area contributed by atoms with Gasteiger partial charge in [0.15, 0.2) is 0 Å². The molecule has 2 aliphatic heterocycles. The third-order valence-electron chi connectivity index (χ3n) is 4.71. The van der Waals surface area contributed by atoms with E-state index in [-0.39, 0.29) is 0 Å². The molecule has 1 fully saturated rings. The van der Waals surface area contributed by atoms with Crippen LogP contribution in [0.4, 0.5) is 5.69 Å². The second-order valence-electron chi connectivity index (χ2n) is 6.09. The molecule has 0 aliphatic carbocycles. The summed E-state index contributed by atoms with van der Waals surface area (Å²) in [5.74, 6) is 1.63. The average Bonchev–Trinajstić information content (AvgIpc) is 2.68. The number of fused-ring (bicyclic) bond motifs is 1. The smallest absolute Gasteiger partial charge is 0.0405 e.